The zero-order valence-corrected chi connectivity index (χ0v) is 20.8. The number of thioether (sulfide) groups is 1. The van der Waals surface area contributed by atoms with Crippen LogP contribution in [0.2, 0.25) is 0 Å². The van der Waals surface area contributed by atoms with Gasteiger partial charge in [0.1, 0.15) is 11.4 Å². The van der Waals surface area contributed by atoms with Crippen LogP contribution < -0.4 is 20.3 Å². The number of aromatic nitrogens is 2. The average Bonchev–Trinajstić information content (AvgIpc) is 3.18. The number of carbonyl (C=O) groups excluding carboxylic acids is 1. The third-order valence-electron chi connectivity index (χ3n) is 5.78. The molecule has 9 heteroatoms. The highest BCUT2D eigenvalue weighted by atomic mass is 32.2. The number of thiophene rings is 1. The van der Waals surface area contributed by atoms with Gasteiger partial charge >= 0.3 is 0 Å². The van der Waals surface area contributed by atoms with Crippen LogP contribution in [0.4, 0.5) is 0 Å². The van der Waals surface area contributed by atoms with Gasteiger partial charge in [0.15, 0.2) is 16.7 Å². The van der Waals surface area contributed by atoms with Gasteiger partial charge < -0.3 is 14.8 Å². The minimum Gasteiger partial charge on any atom is -0.493 e. The Hall–Kier alpha value is -2.52. The van der Waals surface area contributed by atoms with E-state index in [2.05, 4.69) is 12.2 Å². The number of fused-ring (bicyclic) bond motifs is 3. The molecule has 0 radical (unpaired) electrons. The Kier molecular flexibility index (Phi) is 7.60. The van der Waals surface area contributed by atoms with Crippen molar-refractivity contribution in [3.63, 3.8) is 0 Å². The summed E-state index contributed by atoms with van der Waals surface area (Å²) in [4.78, 5) is 32.5. The number of nitrogens with zero attached hydrogens (tertiary/aromatic N) is 2. The number of hydrogen-bond acceptors (Lipinski definition) is 7. The van der Waals surface area contributed by atoms with Gasteiger partial charge in [-0.05, 0) is 49.8 Å². The molecule has 1 aromatic carbocycles. The molecule has 4 rings (SSSR count). The average molecular weight is 488 g/mol. The molecule has 1 amide bonds. The first-order chi connectivity index (χ1) is 16.0. The summed E-state index contributed by atoms with van der Waals surface area (Å²) in [7, 11) is 1.59. The Morgan fingerprint density at radius 1 is 1.33 bits per heavy atom. The lowest BCUT2D eigenvalue weighted by molar-refractivity contribution is -0.118. The Morgan fingerprint density at radius 2 is 2.12 bits per heavy atom. The highest BCUT2D eigenvalue weighted by molar-refractivity contribution is 7.99. The molecular weight excluding hydrogens is 458 g/mol. The molecule has 0 unspecified atom stereocenters. The first-order valence-corrected chi connectivity index (χ1v) is 13.0. The van der Waals surface area contributed by atoms with Gasteiger partial charge in [-0.2, -0.15) is 0 Å². The van der Waals surface area contributed by atoms with Crippen LogP contribution in [0.15, 0.2) is 34.2 Å². The number of nitrogens with one attached hydrogen (secondary N) is 1. The van der Waals surface area contributed by atoms with Gasteiger partial charge in [-0.25, -0.2) is 4.98 Å². The van der Waals surface area contributed by atoms with Crippen LogP contribution in [-0.4, -0.2) is 41.5 Å². The van der Waals surface area contributed by atoms with E-state index in [0.29, 0.717) is 42.3 Å². The van der Waals surface area contributed by atoms with Gasteiger partial charge in [0, 0.05) is 11.4 Å². The van der Waals surface area contributed by atoms with E-state index in [9.17, 15) is 9.59 Å². The molecule has 0 aliphatic heterocycles. The molecule has 1 aliphatic rings. The monoisotopic (exact) mass is 487 g/mol. The van der Waals surface area contributed by atoms with E-state index in [1.165, 1.54) is 22.2 Å². The second kappa shape index (κ2) is 10.6. The number of methoxy groups -OCH3 is 1. The van der Waals surface area contributed by atoms with Crippen LogP contribution in [0.25, 0.3) is 10.2 Å². The summed E-state index contributed by atoms with van der Waals surface area (Å²) in [6.45, 7) is 5.43. The van der Waals surface area contributed by atoms with E-state index in [4.69, 9.17) is 14.5 Å². The second-order valence-electron chi connectivity index (χ2n) is 8.11. The molecule has 1 aliphatic carbocycles. The summed E-state index contributed by atoms with van der Waals surface area (Å²) in [5.41, 5.74) is 1.21. The molecule has 0 spiro atoms. The maximum absolute atomic E-state index is 13.2. The van der Waals surface area contributed by atoms with E-state index < -0.39 is 0 Å². The Morgan fingerprint density at radius 3 is 2.88 bits per heavy atom. The SMILES string of the molecule is CCn1c(SCC(=O)NCCOc2ccccc2OC)nc2sc3c(c2c1=O)CC[C@H](C)C3. The predicted molar refractivity (Wildman–Crippen MR) is 133 cm³/mol. The number of aryl methyl sites for hydroxylation is 1. The lowest BCUT2D eigenvalue weighted by atomic mass is 9.89. The quantitative estimate of drug-likeness (QED) is 0.280. The van der Waals surface area contributed by atoms with Gasteiger partial charge in [0.2, 0.25) is 5.91 Å². The number of para-hydroxylation sites is 2. The first kappa shape index (κ1) is 23.6. The van der Waals surface area contributed by atoms with Crippen molar-refractivity contribution in [3.05, 3.63) is 45.1 Å². The van der Waals surface area contributed by atoms with Crippen LogP contribution in [-0.2, 0) is 24.2 Å². The molecule has 2 aromatic heterocycles. The second-order valence-corrected chi connectivity index (χ2v) is 10.1. The molecule has 33 heavy (non-hydrogen) atoms. The molecule has 1 atom stereocenters. The summed E-state index contributed by atoms with van der Waals surface area (Å²) >= 11 is 2.94. The predicted octanol–water partition coefficient (Wildman–Crippen LogP) is 3.90. The van der Waals surface area contributed by atoms with E-state index >= 15 is 0 Å². The fourth-order valence-electron chi connectivity index (χ4n) is 4.06. The number of rotatable bonds is 9. The topological polar surface area (TPSA) is 82.5 Å². The largest absolute Gasteiger partial charge is 0.493 e. The van der Waals surface area contributed by atoms with Crippen molar-refractivity contribution in [2.45, 2.75) is 44.8 Å². The molecule has 0 bridgehead atoms. The number of ether oxygens (including phenoxy) is 2. The molecular formula is C24H29N3O4S2. The highest BCUT2D eigenvalue weighted by Crippen LogP contribution is 2.36. The van der Waals surface area contributed by atoms with Crippen molar-refractivity contribution in [1.82, 2.24) is 14.9 Å². The smallest absolute Gasteiger partial charge is 0.263 e. The van der Waals surface area contributed by atoms with E-state index in [1.54, 1.807) is 23.0 Å². The zero-order chi connectivity index (χ0) is 23.4. The summed E-state index contributed by atoms with van der Waals surface area (Å²) < 4.78 is 12.6. The van der Waals surface area contributed by atoms with Gasteiger partial charge in [-0.1, -0.05) is 30.8 Å². The van der Waals surface area contributed by atoms with Gasteiger partial charge in [0.25, 0.3) is 5.56 Å². The standard InChI is InChI=1S/C24H29N3O4S2/c1-4-27-23(29)21-16-10-9-15(2)13-19(16)33-22(21)26-24(27)32-14-20(28)25-11-12-31-18-8-6-5-7-17(18)30-3/h5-8,15H,4,9-14H2,1-3H3,(H,25,28)/t15-/m0/s1. The Labute approximate surface area is 201 Å². The number of amides is 1. The fraction of sp³-hybridized carbons (Fsp3) is 0.458. The van der Waals surface area contributed by atoms with Crippen LogP contribution in [0.5, 0.6) is 11.5 Å². The normalized spacial score (nSPS) is 15.3. The maximum atomic E-state index is 13.2. The van der Waals surface area contributed by atoms with Crippen molar-refractivity contribution in [1.29, 1.82) is 0 Å². The molecule has 0 saturated carbocycles. The van der Waals surface area contributed by atoms with Crippen LogP contribution in [0.1, 0.15) is 30.7 Å². The van der Waals surface area contributed by atoms with Crippen molar-refractivity contribution >= 4 is 39.2 Å². The Balaban J connectivity index is 1.37. The summed E-state index contributed by atoms with van der Waals surface area (Å²) in [5.74, 6) is 2.00. The number of benzene rings is 1. The number of hydrogen-bond donors (Lipinski definition) is 1. The lowest BCUT2D eigenvalue weighted by Gasteiger charge is -2.17. The molecule has 176 valence electrons. The lowest BCUT2D eigenvalue weighted by Crippen LogP contribution is -2.30. The first-order valence-electron chi connectivity index (χ1n) is 11.2. The van der Waals surface area contributed by atoms with Crippen LogP contribution in [0.3, 0.4) is 0 Å². The van der Waals surface area contributed by atoms with Gasteiger partial charge in [-0.3, -0.25) is 14.2 Å². The third kappa shape index (κ3) is 5.19. The van der Waals surface area contributed by atoms with Gasteiger partial charge in [-0.15, -0.1) is 11.3 Å². The van der Waals surface area contributed by atoms with Crippen molar-refractivity contribution < 1.29 is 14.3 Å². The van der Waals surface area contributed by atoms with E-state index in [-0.39, 0.29) is 17.2 Å². The van der Waals surface area contributed by atoms with Crippen LogP contribution in [0, 0.1) is 5.92 Å². The molecule has 3 aromatic rings. The highest BCUT2D eigenvalue weighted by Gasteiger charge is 2.24. The minimum absolute atomic E-state index is 0.0164. The summed E-state index contributed by atoms with van der Waals surface area (Å²) in [6, 6.07) is 7.39. The molecule has 2 heterocycles. The van der Waals surface area contributed by atoms with Crippen LogP contribution >= 0.6 is 23.1 Å². The maximum Gasteiger partial charge on any atom is 0.263 e. The molecule has 1 N–H and O–H groups in total. The van der Waals surface area contributed by atoms with E-state index in [1.807, 2.05) is 31.2 Å². The molecule has 7 nitrogen and oxygen atoms in total. The van der Waals surface area contributed by atoms with Crippen molar-refractivity contribution in [2.24, 2.45) is 5.92 Å². The summed E-state index contributed by atoms with van der Waals surface area (Å²) in [5, 5.41) is 4.24. The van der Waals surface area contributed by atoms with Crippen molar-refractivity contribution in [2.75, 3.05) is 26.0 Å². The van der Waals surface area contributed by atoms with E-state index in [0.717, 1.165) is 29.5 Å². The van der Waals surface area contributed by atoms with Crippen molar-refractivity contribution in [3.8, 4) is 11.5 Å². The molecule has 0 fully saturated rings. The summed E-state index contributed by atoms with van der Waals surface area (Å²) in [6.07, 6.45) is 3.08. The van der Waals surface area contributed by atoms with Gasteiger partial charge in [0.05, 0.1) is 24.8 Å². The number of carbonyl (C=O) groups is 1. The fourth-order valence-corrected chi connectivity index (χ4v) is 6.38. The zero-order valence-electron chi connectivity index (χ0n) is 19.2. The Bertz CT molecular complexity index is 1200. The minimum atomic E-state index is -0.125. The third-order valence-corrected chi connectivity index (χ3v) is 7.90. The molecule has 0 saturated heterocycles.